The highest BCUT2D eigenvalue weighted by molar-refractivity contribution is 5.93. The molecule has 0 aliphatic carbocycles. The summed E-state index contributed by atoms with van der Waals surface area (Å²) in [4.78, 5) is 43.2. The van der Waals surface area contributed by atoms with Crippen molar-refractivity contribution in [2.24, 2.45) is 11.3 Å². The first-order valence-electron chi connectivity index (χ1n) is 16.1. The summed E-state index contributed by atoms with van der Waals surface area (Å²) in [5.74, 6) is -1.73. The fourth-order valence-corrected chi connectivity index (χ4v) is 6.88. The number of methoxy groups -OCH3 is 1. The number of nitrogens with one attached hydrogen (secondary N) is 1. The molecule has 0 aromatic heterocycles. The lowest BCUT2D eigenvalue weighted by molar-refractivity contribution is -0.178. The van der Waals surface area contributed by atoms with Crippen LogP contribution in [0, 0.1) is 11.3 Å². The van der Waals surface area contributed by atoms with E-state index in [1.165, 1.54) is 7.11 Å². The summed E-state index contributed by atoms with van der Waals surface area (Å²) in [6, 6.07) is 33.5. The highest BCUT2D eigenvalue weighted by Crippen LogP contribution is 2.50. The van der Waals surface area contributed by atoms with E-state index in [0.717, 1.165) is 27.5 Å². The summed E-state index contributed by atoms with van der Waals surface area (Å²) >= 11 is 0. The van der Waals surface area contributed by atoms with Crippen LogP contribution in [-0.4, -0.2) is 48.6 Å². The Morgan fingerprint density at radius 1 is 0.915 bits per heavy atom. The number of amides is 2. The average molecular weight is 633 g/mol. The van der Waals surface area contributed by atoms with Gasteiger partial charge in [0, 0.05) is 24.6 Å². The smallest absolute Gasteiger partial charge is 0.320 e. The van der Waals surface area contributed by atoms with Crippen LogP contribution in [0.2, 0.25) is 0 Å². The second-order valence-electron chi connectivity index (χ2n) is 12.3. The SMILES string of the molecule is COC(=O)[C@@]12C[C@H](CC(=O)NCc3cccc4ccccc34)C(=O)N(Cc3ccccc3)C1=C[C@@H](COCc1ccccc1)O[C@H]2C. The van der Waals surface area contributed by atoms with E-state index in [2.05, 4.69) is 5.32 Å². The van der Waals surface area contributed by atoms with Gasteiger partial charge in [-0.25, -0.2) is 0 Å². The minimum absolute atomic E-state index is 0.0722. The molecule has 2 heterocycles. The van der Waals surface area contributed by atoms with Gasteiger partial charge >= 0.3 is 5.97 Å². The molecule has 0 unspecified atom stereocenters. The van der Waals surface area contributed by atoms with Crippen LogP contribution in [0.25, 0.3) is 10.8 Å². The largest absolute Gasteiger partial charge is 0.468 e. The average Bonchev–Trinajstić information content (AvgIpc) is 3.10. The summed E-state index contributed by atoms with van der Waals surface area (Å²) in [7, 11) is 1.35. The van der Waals surface area contributed by atoms with Crippen LogP contribution in [-0.2, 0) is 48.3 Å². The van der Waals surface area contributed by atoms with Crippen LogP contribution >= 0.6 is 0 Å². The number of likely N-dealkylation sites (tertiary alicyclic amines) is 1. The lowest BCUT2D eigenvalue weighted by Crippen LogP contribution is -2.60. The number of rotatable bonds is 11. The first-order valence-corrected chi connectivity index (χ1v) is 16.1. The Bertz CT molecular complexity index is 1750. The normalized spacial score (nSPS) is 22.3. The molecular weight excluding hydrogens is 592 g/mol. The molecule has 0 saturated carbocycles. The van der Waals surface area contributed by atoms with E-state index < -0.39 is 29.5 Å². The number of benzene rings is 4. The van der Waals surface area contributed by atoms with E-state index in [0.29, 0.717) is 18.8 Å². The Hall–Kier alpha value is -4.79. The topological polar surface area (TPSA) is 94.2 Å². The number of fused-ring (bicyclic) bond motifs is 2. The van der Waals surface area contributed by atoms with Gasteiger partial charge in [-0.2, -0.15) is 0 Å². The molecule has 1 fully saturated rings. The number of ether oxygens (including phenoxy) is 3. The maximum atomic E-state index is 14.3. The first kappa shape index (κ1) is 32.2. The maximum absolute atomic E-state index is 14.3. The number of carbonyl (C=O) groups excluding carboxylic acids is 3. The first-order chi connectivity index (χ1) is 22.9. The highest BCUT2D eigenvalue weighted by atomic mass is 16.5. The quantitative estimate of drug-likeness (QED) is 0.206. The molecule has 4 aromatic carbocycles. The van der Waals surface area contributed by atoms with Crippen molar-refractivity contribution in [1.82, 2.24) is 10.2 Å². The van der Waals surface area contributed by atoms with Crippen LogP contribution in [0.5, 0.6) is 0 Å². The number of piperidine rings is 1. The van der Waals surface area contributed by atoms with Crippen molar-refractivity contribution in [2.45, 2.75) is 51.7 Å². The number of esters is 1. The second kappa shape index (κ2) is 14.3. The van der Waals surface area contributed by atoms with Gasteiger partial charge in [0.15, 0.2) is 0 Å². The van der Waals surface area contributed by atoms with Crippen LogP contribution in [0.3, 0.4) is 0 Å². The minimum Gasteiger partial charge on any atom is -0.468 e. The Labute approximate surface area is 275 Å². The van der Waals surface area contributed by atoms with E-state index in [1.54, 1.807) is 4.90 Å². The summed E-state index contributed by atoms with van der Waals surface area (Å²) in [5.41, 5.74) is 2.18. The van der Waals surface area contributed by atoms with Crippen molar-refractivity contribution in [3.63, 3.8) is 0 Å². The molecule has 8 nitrogen and oxygen atoms in total. The third kappa shape index (κ3) is 6.84. The minimum atomic E-state index is -1.28. The zero-order valence-corrected chi connectivity index (χ0v) is 26.8. The molecule has 6 rings (SSSR count). The lowest BCUT2D eigenvalue weighted by Gasteiger charge is -2.51. The predicted molar refractivity (Wildman–Crippen MR) is 178 cm³/mol. The molecule has 4 atom stereocenters. The van der Waals surface area contributed by atoms with Crippen molar-refractivity contribution in [3.05, 3.63) is 132 Å². The summed E-state index contributed by atoms with van der Waals surface area (Å²) in [6.07, 6.45) is 0.716. The molecule has 47 heavy (non-hydrogen) atoms. The van der Waals surface area contributed by atoms with Crippen molar-refractivity contribution >= 4 is 28.6 Å². The van der Waals surface area contributed by atoms with Gasteiger partial charge in [0.2, 0.25) is 11.8 Å². The van der Waals surface area contributed by atoms with Gasteiger partial charge < -0.3 is 24.4 Å². The second-order valence-corrected chi connectivity index (χ2v) is 12.3. The molecule has 0 bridgehead atoms. The van der Waals surface area contributed by atoms with Crippen LogP contribution in [0.15, 0.2) is 115 Å². The molecule has 8 heteroatoms. The Morgan fingerprint density at radius 2 is 1.60 bits per heavy atom. The number of hydrogen-bond donors (Lipinski definition) is 1. The summed E-state index contributed by atoms with van der Waals surface area (Å²) in [6.45, 7) is 3.05. The highest BCUT2D eigenvalue weighted by Gasteiger charge is 2.59. The fraction of sp³-hybridized carbons (Fsp3) is 0.308. The molecule has 1 saturated heterocycles. The zero-order chi connectivity index (χ0) is 32.8. The third-order valence-electron chi connectivity index (χ3n) is 9.26. The molecule has 0 spiro atoms. The van der Waals surface area contributed by atoms with Gasteiger partial charge in [0.05, 0.1) is 33.0 Å². The summed E-state index contributed by atoms with van der Waals surface area (Å²) in [5, 5.41) is 5.17. The van der Waals surface area contributed by atoms with Crippen molar-refractivity contribution in [2.75, 3.05) is 13.7 Å². The molecule has 2 aliphatic rings. The fourth-order valence-electron chi connectivity index (χ4n) is 6.88. The molecule has 2 amide bonds. The standard InChI is InChI=1S/C39H40N2O6/c1-27-39(38(44)45-2)22-32(20-36(42)40-23-31-18-11-17-30-16-9-10-19-34(30)31)37(43)41(24-28-12-5-3-6-13-28)35(39)21-33(47-27)26-46-25-29-14-7-4-8-15-29/h3-19,21,27,32-33H,20,22-26H2,1-2H3,(H,40,42)/t27-,32-,33-,39+/m0/s1. The van der Waals surface area contributed by atoms with Gasteiger partial charge in [-0.3, -0.25) is 14.4 Å². The number of carbonyl (C=O) groups is 3. The molecule has 2 aliphatic heterocycles. The molecular formula is C39H40N2O6. The third-order valence-corrected chi connectivity index (χ3v) is 9.26. The van der Waals surface area contributed by atoms with E-state index in [9.17, 15) is 14.4 Å². The maximum Gasteiger partial charge on any atom is 0.320 e. The van der Waals surface area contributed by atoms with Gasteiger partial charge in [-0.1, -0.05) is 103 Å². The van der Waals surface area contributed by atoms with E-state index in [1.807, 2.05) is 116 Å². The molecule has 1 N–H and O–H groups in total. The van der Waals surface area contributed by atoms with Gasteiger partial charge in [0.1, 0.15) is 11.5 Å². The molecule has 0 radical (unpaired) electrons. The summed E-state index contributed by atoms with van der Waals surface area (Å²) < 4.78 is 17.8. The van der Waals surface area contributed by atoms with Crippen molar-refractivity contribution in [1.29, 1.82) is 0 Å². The van der Waals surface area contributed by atoms with Crippen molar-refractivity contribution in [3.8, 4) is 0 Å². The van der Waals surface area contributed by atoms with Gasteiger partial charge in [-0.05, 0) is 46.9 Å². The van der Waals surface area contributed by atoms with Crippen LogP contribution in [0.1, 0.15) is 36.5 Å². The predicted octanol–water partition coefficient (Wildman–Crippen LogP) is 5.94. The van der Waals surface area contributed by atoms with E-state index >= 15 is 0 Å². The number of nitrogens with zero attached hydrogens (tertiary/aromatic N) is 1. The lowest BCUT2D eigenvalue weighted by atomic mass is 9.66. The molecule has 4 aromatic rings. The monoisotopic (exact) mass is 632 g/mol. The zero-order valence-electron chi connectivity index (χ0n) is 26.8. The van der Waals surface area contributed by atoms with Crippen molar-refractivity contribution < 1.29 is 28.6 Å². The Balaban J connectivity index is 1.26. The van der Waals surface area contributed by atoms with E-state index in [-0.39, 0.29) is 37.8 Å². The van der Waals surface area contributed by atoms with Crippen LogP contribution < -0.4 is 5.32 Å². The van der Waals surface area contributed by atoms with Gasteiger partial charge in [0.25, 0.3) is 0 Å². The van der Waals surface area contributed by atoms with Crippen LogP contribution in [0.4, 0.5) is 0 Å². The molecule has 242 valence electrons. The Morgan fingerprint density at radius 3 is 2.34 bits per heavy atom. The van der Waals surface area contributed by atoms with Gasteiger partial charge in [-0.15, -0.1) is 0 Å². The van der Waals surface area contributed by atoms with E-state index in [4.69, 9.17) is 14.2 Å². The number of hydrogen-bond acceptors (Lipinski definition) is 6. The Kier molecular flexibility index (Phi) is 9.80.